The van der Waals surface area contributed by atoms with E-state index in [2.05, 4.69) is 22.5 Å². The zero-order valence-electron chi connectivity index (χ0n) is 15.0. The van der Waals surface area contributed by atoms with Crippen molar-refractivity contribution in [3.05, 3.63) is 24.3 Å². The average molecular weight is 333 g/mol. The van der Waals surface area contributed by atoms with Crippen molar-refractivity contribution < 1.29 is 9.53 Å². The van der Waals surface area contributed by atoms with Crippen LogP contribution in [0.5, 0.6) is 5.75 Å². The Bertz CT molecular complexity index is 507. The van der Waals surface area contributed by atoms with E-state index in [0.717, 1.165) is 25.3 Å². The average Bonchev–Trinajstić information content (AvgIpc) is 2.57. The highest BCUT2D eigenvalue weighted by molar-refractivity contribution is 5.90. The number of hydrogen-bond acceptors (Lipinski definition) is 3. The van der Waals surface area contributed by atoms with Crippen molar-refractivity contribution in [1.82, 2.24) is 10.2 Å². The molecule has 1 aromatic rings. The van der Waals surface area contributed by atoms with Crippen molar-refractivity contribution in [1.29, 1.82) is 0 Å². The third kappa shape index (κ3) is 6.40. The Morgan fingerprint density at radius 2 is 2.17 bits per heavy atom. The molecule has 1 fully saturated rings. The summed E-state index contributed by atoms with van der Waals surface area (Å²) in [5.41, 5.74) is 0.708. The van der Waals surface area contributed by atoms with Crippen LogP contribution in [0.25, 0.3) is 0 Å². The number of rotatable bonds is 8. The number of piperidine rings is 1. The fraction of sp³-hybridized carbons (Fsp3) is 0.632. The molecule has 1 saturated heterocycles. The summed E-state index contributed by atoms with van der Waals surface area (Å²) in [7, 11) is 0. The van der Waals surface area contributed by atoms with E-state index in [-0.39, 0.29) is 6.03 Å². The predicted octanol–water partition coefficient (Wildman–Crippen LogP) is 3.72. The van der Waals surface area contributed by atoms with Crippen molar-refractivity contribution in [3.63, 3.8) is 0 Å². The Morgan fingerprint density at radius 1 is 1.33 bits per heavy atom. The molecule has 1 aliphatic rings. The van der Waals surface area contributed by atoms with Crippen LogP contribution in [0, 0.1) is 5.92 Å². The van der Waals surface area contributed by atoms with Crippen molar-refractivity contribution >= 4 is 11.7 Å². The number of carbonyl (C=O) groups excluding carboxylic acids is 1. The molecule has 0 aliphatic carbocycles. The first-order valence-electron chi connectivity index (χ1n) is 9.18. The van der Waals surface area contributed by atoms with Crippen LogP contribution in [0.3, 0.4) is 0 Å². The van der Waals surface area contributed by atoms with Crippen LogP contribution in [0.2, 0.25) is 0 Å². The monoisotopic (exact) mass is 333 g/mol. The van der Waals surface area contributed by atoms with Crippen LogP contribution in [-0.2, 0) is 0 Å². The maximum atomic E-state index is 12.0. The van der Waals surface area contributed by atoms with E-state index in [9.17, 15) is 4.79 Å². The third-order valence-electron chi connectivity index (χ3n) is 4.36. The van der Waals surface area contributed by atoms with E-state index in [1.807, 2.05) is 31.2 Å². The first-order valence-corrected chi connectivity index (χ1v) is 9.18. The Morgan fingerprint density at radius 3 is 2.96 bits per heavy atom. The molecule has 1 unspecified atom stereocenters. The van der Waals surface area contributed by atoms with E-state index in [0.29, 0.717) is 24.6 Å². The summed E-state index contributed by atoms with van der Waals surface area (Å²) in [5, 5.41) is 5.78. The van der Waals surface area contributed by atoms with Crippen LogP contribution in [0.15, 0.2) is 24.3 Å². The number of amides is 2. The van der Waals surface area contributed by atoms with Gasteiger partial charge in [0.2, 0.25) is 0 Å². The normalized spacial score (nSPS) is 18.2. The summed E-state index contributed by atoms with van der Waals surface area (Å²) in [6.45, 7) is 9.13. The summed E-state index contributed by atoms with van der Waals surface area (Å²) in [5.74, 6) is 1.53. The molecule has 2 N–H and O–H groups in total. The molecule has 0 saturated carbocycles. The lowest BCUT2D eigenvalue weighted by Gasteiger charge is -2.30. The van der Waals surface area contributed by atoms with Gasteiger partial charge in [-0.25, -0.2) is 4.79 Å². The van der Waals surface area contributed by atoms with Gasteiger partial charge in [0.1, 0.15) is 5.75 Å². The molecule has 5 nitrogen and oxygen atoms in total. The fourth-order valence-electron chi connectivity index (χ4n) is 3.17. The zero-order valence-corrected chi connectivity index (χ0v) is 15.0. The van der Waals surface area contributed by atoms with E-state index in [4.69, 9.17) is 4.74 Å². The molecule has 0 radical (unpaired) electrons. The smallest absolute Gasteiger partial charge is 0.319 e. The molecule has 2 rings (SSSR count). The number of para-hydroxylation sites is 2. The first-order chi connectivity index (χ1) is 11.7. The molecule has 5 heteroatoms. The minimum Gasteiger partial charge on any atom is -0.492 e. The van der Waals surface area contributed by atoms with E-state index in [1.54, 1.807) is 0 Å². The highest BCUT2D eigenvalue weighted by atomic mass is 16.5. The van der Waals surface area contributed by atoms with Gasteiger partial charge in [-0.3, -0.25) is 0 Å². The van der Waals surface area contributed by atoms with Crippen LogP contribution < -0.4 is 15.4 Å². The first kappa shape index (κ1) is 18.6. The molecule has 0 bridgehead atoms. The van der Waals surface area contributed by atoms with E-state index in [1.165, 1.54) is 25.9 Å². The summed E-state index contributed by atoms with van der Waals surface area (Å²) in [6.07, 6.45) is 4.82. The molecular formula is C19H31N3O2. The number of nitrogens with one attached hydrogen (secondary N) is 2. The Kier molecular flexibility index (Phi) is 7.89. The fourth-order valence-corrected chi connectivity index (χ4v) is 3.17. The molecule has 2 amide bonds. The molecular weight excluding hydrogens is 302 g/mol. The lowest BCUT2D eigenvalue weighted by Crippen LogP contribution is -2.35. The largest absolute Gasteiger partial charge is 0.492 e. The number of likely N-dealkylation sites (tertiary alicyclic amines) is 1. The molecule has 24 heavy (non-hydrogen) atoms. The van der Waals surface area contributed by atoms with Gasteiger partial charge in [-0.15, -0.1) is 0 Å². The molecule has 1 aromatic carbocycles. The van der Waals surface area contributed by atoms with Crippen molar-refractivity contribution in [2.24, 2.45) is 5.92 Å². The van der Waals surface area contributed by atoms with Gasteiger partial charge in [0.25, 0.3) is 0 Å². The summed E-state index contributed by atoms with van der Waals surface area (Å²) in [4.78, 5) is 14.5. The predicted molar refractivity (Wildman–Crippen MR) is 98.7 cm³/mol. The summed E-state index contributed by atoms with van der Waals surface area (Å²) < 4.78 is 5.51. The minimum absolute atomic E-state index is 0.172. The second kappa shape index (κ2) is 10.2. The van der Waals surface area contributed by atoms with Gasteiger partial charge in [0.05, 0.1) is 12.3 Å². The maximum absolute atomic E-state index is 12.0. The van der Waals surface area contributed by atoms with Gasteiger partial charge in [-0.2, -0.15) is 0 Å². The van der Waals surface area contributed by atoms with Gasteiger partial charge >= 0.3 is 6.03 Å². The lowest BCUT2D eigenvalue weighted by molar-refractivity contribution is 0.181. The molecule has 1 atom stereocenters. The number of benzene rings is 1. The molecule has 0 spiro atoms. The maximum Gasteiger partial charge on any atom is 0.319 e. The van der Waals surface area contributed by atoms with Crippen molar-refractivity contribution in [2.45, 2.75) is 39.5 Å². The number of carbonyl (C=O) groups is 1. The van der Waals surface area contributed by atoms with Crippen LogP contribution in [0.4, 0.5) is 10.5 Å². The van der Waals surface area contributed by atoms with Gasteiger partial charge < -0.3 is 20.3 Å². The molecule has 134 valence electrons. The third-order valence-corrected chi connectivity index (χ3v) is 4.36. The number of nitrogens with zero attached hydrogens (tertiary/aromatic N) is 1. The van der Waals surface area contributed by atoms with Crippen LogP contribution >= 0.6 is 0 Å². The highest BCUT2D eigenvalue weighted by Crippen LogP contribution is 2.23. The van der Waals surface area contributed by atoms with Crippen LogP contribution in [-0.4, -0.2) is 43.7 Å². The van der Waals surface area contributed by atoms with E-state index < -0.39 is 0 Å². The quantitative estimate of drug-likeness (QED) is 0.713. The molecule has 1 aliphatic heterocycles. The van der Waals surface area contributed by atoms with Gasteiger partial charge in [-0.05, 0) is 63.7 Å². The van der Waals surface area contributed by atoms with Gasteiger partial charge in [-0.1, -0.05) is 19.1 Å². The van der Waals surface area contributed by atoms with Gasteiger partial charge in [0.15, 0.2) is 0 Å². The highest BCUT2D eigenvalue weighted by Gasteiger charge is 2.15. The molecule has 1 heterocycles. The SMILES string of the molecule is CCOc1ccccc1NC(=O)NCCCCN1CCCC(C)C1. The molecule has 0 aromatic heterocycles. The Balaban J connectivity index is 1.61. The zero-order chi connectivity index (χ0) is 17.2. The second-order valence-corrected chi connectivity index (χ2v) is 6.57. The topological polar surface area (TPSA) is 53.6 Å². The standard InChI is InChI=1S/C19H31N3O2/c1-3-24-18-11-5-4-10-17(18)21-19(23)20-12-6-7-13-22-14-8-9-16(2)15-22/h4-5,10-11,16H,3,6-9,12-15H2,1-2H3,(H2,20,21,23). The minimum atomic E-state index is -0.172. The lowest BCUT2D eigenvalue weighted by atomic mass is 10.0. The van der Waals surface area contributed by atoms with Crippen molar-refractivity contribution in [3.8, 4) is 5.75 Å². The Labute approximate surface area is 145 Å². The summed E-state index contributed by atoms with van der Waals surface area (Å²) in [6, 6.07) is 7.32. The van der Waals surface area contributed by atoms with Crippen LogP contribution in [0.1, 0.15) is 39.5 Å². The summed E-state index contributed by atoms with van der Waals surface area (Å²) >= 11 is 0. The Hall–Kier alpha value is -1.75. The van der Waals surface area contributed by atoms with Gasteiger partial charge in [0, 0.05) is 13.1 Å². The number of ether oxygens (including phenoxy) is 1. The van der Waals surface area contributed by atoms with Crippen molar-refractivity contribution in [2.75, 3.05) is 38.1 Å². The number of unbranched alkanes of at least 4 members (excludes halogenated alkanes) is 1. The van der Waals surface area contributed by atoms with E-state index >= 15 is 0 Å². The second-order valence-electron chi connectivity index (χ2n) is 6.57. The number of hydrogen-bond donors (Lipinski definition) is 2. The number of anilines is 1. The number of urea groups is 1.